The SMILES string of the molecule is Cc1cccc(NC(=O)COc2ccc(/C=C3\SC(=O)N(Cc4ccccc4Cl)C3=O)cc2)c1. The van der Waals surface area contributed by atoms with Gasteiger partial charge in [-0.2, -0.15) is 0 Å². The monoisotopic (exact) mass is 492 g/mol. The first kappa shape index (κ1) is 23.6. The maximum atomic E-state index is 12.8. The minimum Gasteiger partial charge on any atom is -0.484 e. The maximum Gasteiger partial charge on any atom is 0.293 e. The summed E-state index contributed by atoms with van der Waals surface area (Å²) < 4.78 is 5.55. The molecule has 0 aliphatic carbocycles. The standard InChI is InChI=1S/C26H21ClN2O4S/c1-17-5-4-7-20(13-17)28-24(30)16-33-21-11-9-18(10-12-21)14-23-25(31)29(26(32)34-23)15-19-6-2-3-8-22(19)27/h2-14H,15-16H2,1H3,(H,28,30)/b23-14-. The van der Waals surface area contributed by atoms with Gasteiger partial charge in [-0.3, -0.25) is 19.3 Å². The average molecular weight is 493 g/mol. The highest BCUT2D eigenvalue weighted by molar-refractivity contribution is 8.18. The summed E-state index contributed by atoms with van der Waals surface area (Å²) in [5, 5.41) is 2.96. The second-order valence-corrected chi connectivity index (χ2v) is 9.04. The van der Waals surface area contributed by atoms with E-state index in [2.05, 4.69) is 5.32 Å². The topological polar surface area (TPSA) is 75.7 Å². The van der Waals surface area contributed by atoms with E-state index in [0.29, 0.717) is 26.9 Å². The highest BCUT2D eigenvalue weighted by atomic mass is 35.5. The van der Waals surface area contributed by atoms with Gasteiger partial charge in [0.1, 0.15) is 5.75 Å². The molecular formula is C26H21ClN2O4S. The molecule has 0 bridgehead atoms. The fourth-order valence-corrected chi connectivity index (χ4v) is 4.35. The summed E-state index contributed by atoms with van der Waals surface area (Å²) in [5.41, 5.74) is 3.21. The van der Waals surface area contributed by atoms with Crippen molar-refractivity contribution in [3.8, 4) is 5.75 Å². The van der Waals surface area contributed by atoms with Crippen LogP contribution in [0.4, 0.5) is 10.5 Å². The number of hydrogen-bond acceptors (Lipinski definition) is 5. The van der Waals surface area contributed by atoms with E-state index in [0.717, 1.165) is 22.9 Å². The molecule has 0 radical (unpaired) electrons. The van der Waals surface area contributed by atoms with Gasteiger partial charge in [-0.05, 0) is 71.8 Å². The second-order valence-electron chi connectivity index (χ2n) is 7.63. The van der Waals surface area contributed by atoms with Gasteiger partial charge in [-0.1, -0.05) is 54.1 Å². The van der Waals surface area contributed by atoms with Crippen LogP contribution in [0, 0.1) is 6.92 Å². The number of nitrogens with zero attached hydrogens (tertiary/aromatic N) is 1. The molecule has 8 heteroatoms. The predicted octanol–water partition coefficient (Wildman–Crippen LogP) is 5.90. The number of nitrogens with one attached hydrogen (secondary N) is 1. The Morgan fingerprint density at radius 3 is 2.56 bits per heavy atom. The van der Waals surface area contributed by atoms with Crippen LogP contribution >= 0.6 is 23.4 Å². The lowest BCUT2D eigenvalue weighted by Crippen LogP contribution is -2.27. The van der Waals surface area contributed by atoms with Crippen molar-refractivity contribution < 1.29 is 19.1 Å². The molecule has 34 heavy (non-hydrogen) atoms. The van der Waals surface area contributed by atoms with Gasteiger partial charge in [0, 0.05) is 10.7 Å². The second kappa shape index (κ2) is 10.6. The van der Waals surface area contributed by atoms with Crippen LogP contribution in [0.1, 0.15) is 16.7 Å². The van der Waals surface area contributed by atoms with Crippen molar-refractivity contribution in [3.63, 3.8) is 0 Å². The molecule has 0 aromatic heterocycles. The predicted molar refractivity (Wildman–Crippen MR) is 135 cm³/mol. The highest BCUT2D eigenvalue weighted by Gasteiger charge is 2.35. The number of halogens is 1. The molecule has 3 aromatic carbocycles. The van der Waals surface area contributed by atoms with Gasteiger partial charge < -0.3 is 10.1 Å². The molecule has 0 spiro atoms. The third-order valence-corrected chi connectivity index (χ3v) is 6.29. The van der Waals surface area contributed by atoms with Crippen molar-refractivity contribution in [3.05, 3.63) is 99.4 Å². The number of thioether (sulfide) groups is 1. The van der Waals surface area contributed by atoms with E-state index >= 15 is 0 Å². The molecule has 1 fully saturated rings. The van der Waals surface area contributed by atoms with E-state index in [-0.39, 0.29) is 30.2 Å². The Morgan fingerprint density at radius 1 is 1.06 bits per heavy atom. The van der Waals surface area contributed by atoms with Crippen LogP contribution in [-0.2, 0) is 16.1 Å². The van der Waals surface area contributed by atoms with Crippen molar-refractivity contribution in [2.24, 2.45) is 0 Å². The number of carbonyl (C=O) groups is 3. The number of aryl methyl sites for hydroxylation is 1. The number of imide groups is 1. The van der Waals surface area contributed by atoms with Crippen LogP contribution in [0.15, 0.2) is 77.7 Å². The van der Waals surface area contributed by atoms with Crippen LogP contribution in [0.5, 0.6) is 5.75 Å². The number of carbonyl (C=O) groups excluding carboxylic acids is 3. The van der Waals surface area contributed by atoms with Crippen molar-refractivity contribution in [1.82, 2.24) is 4.90 Å². The third-order valence-electron chi connectivity index (χ3n) is 5.01. The number of rotatable bonds is 7. The van der Waals surface area contributed by atoms with Crippen molar-refractivity contribution in [2.75, 3.05) is 11.9 Å². The summed E-state index contributed by atoms with van der Waals surface area (Å²) in [4.78, 5) is 38.8. The zero-order chi connectivity index (χ0) is 24.1. The van der Waals surface area contributed by atoms with Crippen molar-refractivity contribution >= 4 is 52.2 Å². The first-order valence-corrected chi connectivity index (χ1v) is 11.7. The summed E-state index contributed by atoms with van der Waals surface area (Å²) in [6, 6.07) is 21.6. The van der Waals surface area contributed by atoms with Gasteiger partial charge in [-0.15, -0.1) is 0 Å². The Balaban J connectivity index is 1.35. The smallest absolute Gasteiger partial charge is 0.293 e. The largest absolute Gasteiger partial charge is 0.484 e. The molecule has 0 atom stereocenters. The van der Waals surface area contributed by atoms with E-state index in [1.165, 1.54) is 4.90 Å². The molecule has 0 saturated carbocycles. The molecule has 172 valence electrons. The summed E-state index contributed by atoms with van der Waals surface area (Å²) in [5.74, 6) is -0.103. The minimum absolute atomic E-state index is 0.124. The van der Waals surface area contributed by atoms with E-state index in [4.69, 9.17) is 16.3 Å². The molecule has 6 nitrogen and oxygen atoms in total. The van der Waals surface area contributed by atoms with Crippen LogP contribution in [0.2, 0.25) is 5.02 Å². The van der Waals surface area contributed by atoms with E-state index < -0.39 is 0 Å². The van der Waals surface area contributed by atoms with Crippen LogP contribution < -0.4 is 10.1 Å². The number of hydrogen-bond donors (Lipinski definition) is 1. The first-order valence-electron chi connectivity index (χ1n) is 10.5. The average Bonchev–Trinajstić information content (AvgIpc) is 3.07. The lowest BCUT2D eigenvalue weighted by molar-refractivity contribution is -0.123. The van der Waals surface area contributed by atoms with E-state index in [1.807, 2.05) is 37.3 Å². The van der Waals surface area contributed by atoms with Gasteiger partial charge in [0.05, 0.1) is 11.4 Å². The van der Waals surface area contributed by atoms with Gasteiger partial charge in [0.25, 0.3) is 17.1 Å². The fraction of sp³-hybridized carbons (Fsp3) is 0.115. The van der Waals surface area contributed by atoms with Crippen LogP contribution in [0.25, 0.3) is 6.08 Å². The quantitative estimate of drug-likeness (QED) is 0.415. The lowest BCUT2D eigenvalue weighted by atomic mass is 10.2. The van der Waals surface area contributed by atoms with Crippen LogP contribution in [0.3, 0.4) is 0 Å². The fourth-order valence-electron chi connectivity index (χ4n) is 3.31. The Hall–Kier alpha value is -3.55. The lowest BCUT2D eigenvalue weighted by Gasteiger charge is -2.13. The van der Waals surface area contributed by atoms with Gasteiger partial charge >= 0.3 is 0 Å². The van der Waals surface area contributed by atoms with Gasteiger partial charge in [0.15, 0.2) is 6.61 Å². The molecule has 1 saturated heterocycles. The summed E-state index contributed by atoms with van der Waals surface area (Å²) >= 11 is 7.06. The molecule has 0 unspecified atom stereocenters. The zero-order valence-electron chi connectivity index (χ0n) is 18.3. The molecule has 3 aromatic rings. The Labute approximate surface area is 206 Å². The van der Waals surface area contributed by atoms with Crippen LogP contribution in [-0.4, -0.2) is 28.6 Å². The molecular weight excluding hydrogens is 472 g/mol. The number of ether oxygens (including phenoxy) is 1. The minimum atomic E-state index is -0.358. The summed E-state index contributed by atoms with van der Waals surface area (Å²) in [6.07, 6.45) is 1.66. The third kappa shape index (κ3) is 5.87. The first-order chi connectivity index (χ1) is 16.4. The number of anilines is 1. The van der Waals surface area contributed by atoms with Crippen molar-refractivity contribution in [2.45, 2.75) is 13.5 Å². The molecule has 1 N–H and O–H groups in total. The normalized spacial score (nSPS) is 14.5. The zero-order valence-corrected chi connectivity index (χ0v) is 19.9. The summed E-state index contributed by atoms with van der Waals surface area (Å²) in [7, 11) is 0. The molecule has 3 amide bonds. The Kier molecular flexibility index (Phi) is 7.35. The van der Waals surface area contributed by atoms with Gasteiger partial charge in [0.2, 0.25) is 0 Å². The Bertz CT molecular complexity index is 1270. The van der Waals surface area contributed by atoms with Gasteiger partial charge in [-0.25, -0.2) is 0 Å². The Morgan fingerprint density at radius 2 is 1.82 bits per heavy atom. The van der Waals surface area contributed by atoms with E-state index in [9.17, 15) is 14.4 Å². The summed E-state index contributed by atoms with van der Waals surface area (Å²) in [6.45, 7) is 1.94. The number of amides is 3. The highest BCUT2D eigenvalue weighted by Crippen LogP contribution is 2.34. The van der Waals surface area contributed by atoms with Crippen molar-refractivity contribution in [1.29, 1.82) is 0 Å². The molecule has 1 aliphatic rings. The maximum absolute atomic E-state index is 12.8. The molecule has 4 rings (SSSR count). The molecule has 1 aliphatic heterocycles. The molecule has 1 heterocycles. The number of benzene rings is 3. The van der Waals surface area contributed by atoms with E-state index in [1.54, 1.807) is 48.5 Å².